The molecule has 2 heterocycles. The number of nitrogens with one attached hydrogen (secondary N) is 2. The molecule has 1 amide bonds. The minimum atomic E-state index is 0.0427. The summed E-state index contributed by atoms with van der Waals surface area (Å²) >= 11 is 0. The molecule has 1 aliphatic carbocycles. The average Bonchev–Trinajstić information content (AvgIpc) is 2.93. The Hall–Kier alpha value is -1.81. The van der Waals surface area contributed by atoms with Crippen LogP contribution in [0.1, 0.15) is 56.4 Å². The highest BCUT2D eigenvalue weighted by Crippen LogP contribution is 2.44. The molecule has 26 heavy (non-hydrogen) atoms. The smallest absolute Gasteiger partial charge is 0.222 e. The first-order chi connectivity index (χ1) is 12.5. The maximum Gasteiger partial charge on any atom is 0.222 e. The minimum absolute atomic E-state index is 0.0427. The molecule has 140 valence electrons. The lowest BCUT2D eigenvalue weighted by molar-refractivity contribution is -0.125. The fraction of sp³-hybridized carbons (Fsp3) is 0.591. The Balaban J connectivity index is 1.71. The second-order valence-corrected chi connectivity index (χ2v) is 8.47. The van der Waals surface area contributed by atoms with Crippen molar-refractivity contribution < 1.29 is 4.79 Å². The third-order valence-corrected chi connectivity index (χ3v) is 6.29. The number of H-pyrrole nitrogens is 1. The summed E-state index contributed by atoms with van der Waals surface area (Å²) in [5.74, 6) is 0.720. The zero-order valence-electron chi connectivity index (χ0n) is 16.4. The molecule has 1 saturated heterocycles. The number of aromatic nitrogens is 1. The van der Waals surface area contributed by atoms with E-state index in [-0.39, 0.29) is 17.9 Å². The number of piperidine rings is 1. The molecule has 2 aromatic rings. The molecular weight excluding hydrogens is 322 g/mol. The zero-order valence-corrected chi connectivity index (χ0v) is 16.4. The zero-order chi connectivity index (χ0) is 18.4. The van der Waals surface area contributed by atoms with E-state index in [1.54, 1.807) is 0 Å². The molecule has 1 aromatic heterocycles. The SMILES string of the molecule is CCCN1C[C@@H](NC(=O)C(C)C)CC2c3cccc4[nH]c(C)c(c34)C[C@H]21. The summed E-state index contributed by atoms with van der Waals surface area (Å²) in [7, 11) is 0. The number of aromatic amines is 1. The van der Waals surface area contributed by atoms with Gasteiger partial charge >= 0.3 is 0 Å². The van der Waals surface area contributed by atoms with Crippen molar-refractivity contribution in [2.24, 2.45) is 5.92 Å². The van der Waals surface area contributed by atoms with Crippen LogP contribution in [0.4, 0.5) is 0 Å². The highest BCUT2D eigenvalue weighted by atomic mass is 16.1. The van der Waals surface area contributed by atoms with E-state index >= 15 is 0 Å². The van der Waals surface area contributed by atoms with Gasteiger partial charge in [-0.2, -0.15) is 0 Å². The van der Waals surface area contributed by atoms with E-state index in [0.29, 0.717) is 12.0 Å². The number of amides is 1. The number of rotatable bonds is 4. The number of carbonyl (C=O) groups excluding carboxylic acids is 1. The highest BCUT2D eigenvalue weighted by Gasteiger charge is 2.41. The number of fused-ring (bicyclic) bond motifs is 2. The van der Waals surface area contributed by atoms with E-state index in [0.717, 1.165) is 32.4 Å². The van der Waals surface area contributed by atoms with Gasteiger partial charge in [-0.15, -0.1) is 0 Å². The highest BCUT2D eigenvalue weighted by molar-refractivity contribution is 5.89. The topological polar surface area (TPSA) is 48.1 Å². The van der Waals surface area contributed by atoms with Gasteiger partial charge in [0.2, 0.25) is 5.91 Å². The van der Waals surface area contributed by atoms with E-state index in [1.165, 1.54) is 27.7 Å². The normalized spacial score (nSPS) is 25.5. The van der Waals surface area contributed by atoms with Gasteiger partial charge in [0.15, 0.2) is 0 Å². The largest absolute Gasteiger partial charge is 0.358 e. The summed E-state index contributed by atoms with van der Waals surface area (Å²) in [5.41, 5.74) is 5.56. The van der Waals surface area contributed by atoms with Gasteiger partial charge in [0, 0.05) is 47.1 Å². The Labute approximate surface area is 156 Å². The predicted octanol–water partition coefficient (Wildman–Crippen LogP) is 3.74. The first kappa shape index (κ1) is 17.6. The molecule has 4 rings (SSSR count). The Morgan fingerprint density at radius 1 is 1.38 bits per heavy atom. The van der Waals surface area contributed by atoms with Crippen LogP contribution < -0.4 is 5.32 Å². The van der Waals surface area contributed by atoms with E-state index in [2.05, 4.69) is 47.2 Å². The van der Waals surface area contributed by atoms with E-state index in [1.807, 2.05) is 13.8 Å². The summed E-state index contributed by atoms with van der Waals surface area (Å²) in [5, 5.41) is 4.76. The van der Waals surface area contributed by atoms with Crippen LogP contribution in [0.5, 0.6) is 0 Å². The van der Waals surface area contributed by atoms with Gasteiger partial charge in [0.05, 0.1) is 0 Å². The lowest BCUT2D eigenvalue weighted by Crippen LogP contribution is -2.56. The molecule has 0 spiro atoms. The lowest BCUT2D eigenvalue weighted by Gasteiger charge is -2.47. The van der Waals surface area contributed by atoms with Gasteiger partial charge in [-0.05, 0) is 49.9 Å². The fourth-order valence-corrected chi connectivity index (χ4v) is 5.08. The van der Waals surface area contributed by atoms with Crippen molar-refractivity contribution in [2.45, 2.75) is 65.0 Å². The van der Waals surface area contributed by atoms with Crippen LogP contribution in [0.3, 0.4) is 0 Å². The molecule has 0 bridgehead atoms. The second-order valence-electron chi connectivity index (χ2n) is 8.47. The molecule has 1 fully saturated rings. The number of hydrogen-bond donors (Lipinski definition) is 2. The second kappa shape index (κ2) is 6.73. The van der Waals surface area contributed by atoms with Crippen LogP contribution in [-0.4, -0.2) is 41.0 Å². The number of carbonyl (C=O) groups is 1. The third-order valence-electron chi connectivity index (χ3n) is 6.29. The molecule has 2 aliphatic rings. The van der Waals surface area contributed by atoms with Gasteiger partial charge in [-0.1, -0.05) is 32.9 Å². The lowest BCUT2D eigenvalue weighted by atomic mass is 9.73. The van der Waals surface area contributed by atoms with Crippen LogP contribution in [-0.2, 0) is 11.2 Å². The van der Waals surface area contributed by atoms with E-state index in [9.17, 15) is 4.79 Å². The van der Waals surface area contributed by atoms with Gasteiger partial charge in [0.25, 0.3) is 0 Å². The van der Waals surface area contributed by atoms with Crippen molar-refractivity contribution in [2.75, 3.05) is 13.1 Å². The average molecular weight is 354 g/mol. The molecule has 4 nitrogen and oxygen atoms in total. The van der Waals surface area contributed by atoms with Crippen molar-refractivity contribution in [1.82, 2.24) is 15.2 Å². The Morgan fingerprint density at radius 2 is 2.19 bits per heavy atom. The number of nitrogens with zero attached hydrogens (tertiary/aromatic N) is 1. The summed E-state index contributed by atoms with van der Waals surface area (Å²) in [6.07, 6.45) is 3.32. The quantitative estimate of drug-likeness (QED) is 0.880. The fourth-order valence-electron chi connectivity index (χ4n) is 5.08. The standard InChI is InChI=1S/C22H31N3O/c1-5-9-25-12-15(24-22(26)13(2)3)10-18-16-7-6-8-19-21(16)17(11-20(18)25)14(4)23-19/h6-8,13,15,18,20,23H,5,9-12H2,1-4H3,(H,24,26)/t15-,18?,20+/m0/s1. The van der Waals surface area contributed by atoms with E-state index in [4.69, 9.17) is 0 Å². The Kier molecular flexibility index (Phi) is 4.55. The summed E-state index contributed by atoms with van der Waals surface area (Å²) in [6.45, 7) is 10.5. The number of aryl methyl sites for hydroxylation is 1. The van der Waals surface area contributed by atoms with Gasteiger partial charge in [0.1, 0.15) is 0 Å². The molecule has 3 atom stereocenters. The molecular formula is C22H31N3O. The predicted molar refractivity (Wildman–Crippen MR) is 107 cm³/mol. The van der Waals surface area contributed by atoms with Gasteiger partial charge in [-0.25, -0.2) is 0 Å². The van der Waals surface area contributed by atoms with Crippen molar-refractivity contribution >= 4 is 16.8 Å². The van der Waals surface area contributed by atoms with Crippen molar-refractivity contribution in [3.63, 3.8) is 0 Å². The third kappa shape index (κ3) is 2.84. The minimum Gasteiger partial charge on any atom is -0.358 e. The van der Waals surface area contributed by atoms with Gasteiger partial charge < -0.3 is 10.3 Å². The van der Waals surface area contributed by atoms with Crippen molar-refractivity contribution in [3.05, 3.63) is 35.0 Å². The number of hydrogen-bond acceptors (Lipinski definition) is 2. The molecule has 0 saturated carbocycles. The first-order valence-electron chi connectivity index (χ1n) is 10.1. The van der Waals surface area contributed by atoms with Gasteiger partial charge in [-0.3, -0.25) is 9.69 Å². The van der Waals surface area contributed by atoms with Crippen LogP contribution in [0.15, 0.2) is 18.2 Å². The maximum atomic E-state index is 12.3. The number of likely N-dealkylation sites (tertiary alicyclic amines) is 1. The maximum absolute atomic E-state index is 12.3. The molecule has 1 aliphatic heterocycles. The summed E-state index contributed by atoms with van der Waals surface area (Å²) < 4.78 is 0. The Morgan fingerprint density at radius 3 is 2.92 bits per heavy atom. The first-order valence-corrected chi connectivity index (χ1v) is 10.1. The number of benzene rings is 1. The van der Waals surface area contributed by atoms with Crippen LogP contribution >= 0.6 is 0 Å². The van der Waals surface area contributed by atoms with Crippen LogP contribution in [0.25, 0.3) is 10.9 Å². The monoisotopic (exact) mass is 353 g/mol. The summed E-state index contributed by atoms with van der Waals surface area (Å²) in [4.78, 5) is 18.5. The molecule has 4 heteroatoms. The molecule has 1 unspecified atom stereocenters. The molecule has 2 N–H and O–H groups in total. The van der Waals surface area contributed by atoms with Crippen LogP contribution in [0, 0.1) is 12.8 Å². The Bertz CT molecular complexity index is 822. The van der Waals surface area contributed by atoms with Crippen molar-refractivity contribution in [1.29, 1.82) is 0 Å². The van der Waals surface area contributed by atoms with Crippen LogP contribution in [0.2, 0.25) is 0 Å². The summed E-state index contributed by atoms with van der Waals surface area (Å²) in [6, 6.07) is 7.48. The molecule has 0 radical (unpaired) electrons. The van der Waals surface area contributed by atoms with Crippen molar-refractivity contribution in [3.8, 4) is 0 Å². The molecule has 1 aromatic carbocycles. The van der Waals surface area contributed by atoms with E-state index < -0.39 is 0 Å².